The SMILES string of the molecule is Oc1cc(Cl)c(-c2nc3cccc(F)n3c2Nc2ccc3c(c2)OCCO3)c(Cl)c1. The third-order valence-electron chi connectivity index (χ3n) is 4.66. The number of benzene rings is 2. The Bertz CT molecular complexity index is 1270. The highest BCUT2D eigenvalue weighted by Gasteiger charge is 2.22. The minimum absolute atomic E-state index is 0.0787. The lowest BCUT2D eigenvalue weighted by Crippen LogP contribution is -2.15. The molecular formula is C21H14Cl2FN3O3. The Labute approximate surface area is 180 Å². The topological polar surface area (TPSA) is 68.0 Å². The van der Waals surface area contributed by atoms with Crippen molar-refractivity contribution in [3.05, 3.63) is 64.5 Å². The van der Waals surface area contributed by atoms with Crippen molar-refractivity contribution in [2.75, 3.05) is 18.5 Å². The van der Waals surface area contributed by atoms with Crippen molar-refractivity contribution >= 4 is 40.4 Å². The molecule has 2 aromatic carbocycles. The molecule has 5 rings (SSSR count). The number of nitrogens with zero attached hydrogens (tertiary/aromatic N) is 2. The third kappa shape index (κ3) is 3.16. The van der Waals surface area contributed by atoms with E-state index in [1.807, 2.05) is 0 Å². The number of rotatable bonds is 3. The van der Waals surface area contributed by atoms with E-state index in [4.69, 9.17) is 32.7 Å². The number of nitrogens with one attached hydrogen (secondary N) is 1. The molecule has 0 atom stereocenters. The van der Waals surface area contributed by atoms with Crippen molar-refractivity contribution < 1.29 is 19.0 Å². The maximum atomic E-state index is 14.7. The second kappa shape index (κ2) is 7.27. The van der Waals surface area contributed by atoms with Gasteiger partial charge in [-0.2, -0.15) is 4.39 Å². The number of ether oxygens (including phenoxy) is 2. The van der Waals surface area contributed by atoms with Gasteiger partial charge in [-0.25, -0.2) is 4.98 Å². The maximum absolute atomic E-state index is 14.7. The van der Waals surface area contributed by atoms with E-state index in [1.54, 1.807) is 30.3 Å². The van der Waals surface area contributed by atoms with Gasteiger partial charge in [0.1, 0.15) is 36.1 Å². The number of fused-ring (bicyclic) bond motifs is 2. The average molecular weight is 446 g/mol. The highest BCUT2D eigenvalue weighted by Crippen LogP contribution is 2.42. The zero-order chi connectivity index (χ0) is 20.8. The van der Waals surface area contributed by atoms with E-state index in [9.17, 15) is 9.50 Å². The molecule has 0 fully saturated rings. The number of halogens is 3. The van der Waals surface area contributed by atoms with Crippen molar-refractivity contribution in [1.29, 1.82) is 0 Å². The van der Waals surface area contributed by atoms with Crippen LogP contribution in [0, 0.1) is 5.95 Å². The summed E-state index contributed by atoms with van der Waals surface area (Å²) < 4.78 is 27.3. The summed E-state index contributed by atoms with van der Waals surface area (Å²) in [6.45, 7) is 0.935. The van der Waals surface area contributed by atoms with Crippen molar-refractivity contribution in [3.8, 4) is 28.5 Å². The molecule has 0 unspecified atom stereocenters. The molecule has 2 N–H and O–H groups in total. The number of phenols is 1. The number of pyridine rings is 1. The molecule has 0 amide bonds. The summed E-state index contributed by atoms with van der Waals surface area (Å²) in [4.78, 5) is 4.53. The first kappa shape index (κ1) is 18.8. The molecule has 4 aromatic rings. The molecule has 6 nitrogen and oxygen atoms in total. The molecule has 0 saturated carbocycles. The smallest absolute Gasteiger partial charge is 0.201 e. The number of aromatic hydroxyl groups is 1. The number of imidazole rings is 1. The van der Waals surface area contributed by atoms with Crippen molar-refractivity contribution in [2.24, 2.45) is 0 Å². The second-order valence-electron chi connectivity index (χ2n) is 6.62. The van der Waals surface area contributed by atoms with Gasteiger partial charge in [0.25, 0.3) is 0 Å². The van der Waals surface area contributed by atoms with Crippen LogP contribution in [0.15, 0.2) is 48.5 Å². The van der Waals surface area contributed by atoms with E-state index in [2.05, 4.69) is 10.3 Å². The molecule has 0 spiro atoms. The van der Waals surface area contributed by atoms with Crippen LogP contribution < -0.4 is 14.8 Å². The lowest BCUT2D eigenvalue weighted by molar-refractivity contribution is 0.171. The fraction of sp³-hybridized carbons (Fsp3) is 0.0952. The minimum atomic E-state index is -0.516. The normalized spacial score (nSPS) is 12.9. The van der Waals surface area contributed by atoms with Crippen LogP contribution in [0.4, 0.5) is 15.9 Å². The van der Waals surface area contributed by atoms with Gasteiger partial charge in [0.2, 0.25) is 5.95 Å². The molecule has 0 bridgehead atoms. The Kier molecular flexibility index (Phi) is 4.56. The summed E-state index contributed by atoms with van der Waals surface area (Å²) in [6, 6.07) is 12.6. The molecule has 0 saturated heterocycles. The van der Waals surface area contributed by atoms with Crippen LogP contribution in [-0.4, -0.2) is 27.7 Å². The largest absolute Gasteiger partial charge is 0.508 e. The number of phenolic OH excluding ortho intramolecular Hbond substituents is 1. The lowest BCUT2D eigenvalue weighted by Gasteiger charge is -2.19. The molecule has 9 heteroatoms. The summed E-state index contributed by atoms with van der Waals surface area (Å²) >= 11 is 12.7. The Morgan fingerprint density at radius 2 is 1.73 bits per heavy atom. The third-order valence-corrected chi connectivity index (χ3v) is 5.26. The molecule has 1 aliphatic heterocycles. The zero-order valence-corrected chi connectivity index (χ0v) is 16.8. The van der Waals surface area contributed by atoms with Crippen LogP contribution in [0.2, 0.25) is 10.0 Å². The first-order valence-electron chi connectivity index (χ1n) is 9.03. The van der Waals surface area contributed by atoms with Crippen molar-refractivity contribution in [1.82, 2.24) is 9.38 Å². The van der Waals surface area contributed by atoms with E-state index >= 15 is 0 Å². The standard InChI is InChI=1S/C21H14Cl2FN3O3/c22-13-9-12(28)10-14(23)19(13)20-21(27-17(24)2-1-3-18(27)26-20)25-11-4-5-15-16(8-11)30-7-6-29-15/h1-5,8-10,25,28H,6-7H2. The van der Waals surface area contributed by atoms with Crippen molar-refractivity contribution in [2.45, 2.75) is 0 Å². The predicted molar refractivity (Wildman–Crippen MR) is 113 cm³/mol. The van der Waals surface area contributed by atoms with E-state index in [0.717, 1.165) is 0 Å². The van der Waals surface area contributed by atoms with E-state index in [-0.39, 0.29) is 15.8 Å². The molecule has 3 heterocycles. The number of anilines is 2. The van der Waals surface area contributed by atoms with E-state index < -0.39 is 5.95 Å². The molecule has 1 aliphatic rings. The fourth-order valence-corrected chi connectivity index (χ4v) is 4.04. The zero-order valence-electron chi connectivity index (χ0n) is 15.3. The van der Waals surface area contributed by atoms with Gasteiger partial charge < -0.3 is 19.9 Å². The molecular weight excluding hydrogens is 432 g/mol. The monoisotopic (exact) mass is 445 g/mol. The second-order valence-corrected chi connectivity index (χ2v) is 7.43. The molecule has 0 aliphatic carbocycles. The van der Waals surface area contributed by atoms with Crippen molar-refractivity contribution in [3.63, 3.8) is 0 Å². The Hall–Kier alpha value is -3.16. The fourth-order valence-electron chi connectivity index (χ4n) is 3.39. The minimum Gasteiger partial charge on any atom is -0.508 e. The quantitative estimate of drug-likeness (QED) is 0.397. The van der Waals surface area contributed by atoms with Crippen LogP contribution in [0.25, 0.3) is 16.9 Å². The first-order chi connectivity index (χ1) is 14.5. The summed E-state index contributed by atoms with van der Waals surface area (Å²) in [6.07, 6.45) is 0. The van der Waals surface area contributed by atoms with E-state index in [1.165, 1.54) is 22.6 Å². The Morgan fingerprint density at radius 3 is 2.50 bits per heavy atom. The maximum Gasteiger partial charge on any atom is 0.201 e. The van der Waals surface area contributed by atoms with Gasteiger partial charge >= 0.3 is 0 Å². The first-order valence-corrected chi connectivity index (χ1v) is 9.79. The van der Waals surface area contributed by atoms with Gasteiger partial charge in [-0.1, -0.05) is 29.3 Å². The van der Waals surface area contributed by atoms with Crippen LogP contribution in [0.1, 0.15) is 0 Å². The van der Waals surface area contributed by atoms with E-state index in [0.29, 0.717) is 53.1 Å². The van der Waals surface area contributed by atoms with Gasteiger partial charge in [0, 0.05) is 17.3 Å². The van der Waals surface area contributed by atoms with Gasteiger partial charge in [-0.3, -0.25) is 4.40 Å². The number of aromatic nitrogens is 2. The van der Waals surface area contributed by atoms with Gasteiger partial charge in [-0.05, 0) is 36.4 Å². The summed E-state index contributed by atoms with van der Waals surface area (Å²) in [5, 5.41) is 13.3. The summed E-state index contributed by atoms with van der Waals surface area (Å²) in [5.41, 5.74) is 1.71. The van der Waals surface area contributed by atoms with Crippen LogP contribution in [0.5, 0.6) is 17.2 Å². The van der Waals surface area contributed by atoms with Crippen LogP contribution in [0.3, 0.4) is 0 Å². The Balaban J connectivity index is 1.70. The lowest BCUT2D eigenvalue weighted by atomic mass is 10.1. The molecule has 152 valence electrons. The molecule has 30 heavy (non-hydrogen) atoms. The Morgan fingerprint density at radius 1 is 1.00 bits per heavy atom. The van der Waals surface area contributed by atoms with Crippen LogP contribution >= 0.6 is 23.2 Å². The van der Waals surface area contributed by atoms with Gasteiger partial charge in [0.15, 0.2) is 11.5 Å². The van der Waals surface area contributed by atoms with Gasteiger partial charge in [0.05, 0.1) is 10.0 Å². The number of hydrogen-bond donors (Lipinski definition) is 2. The molecule has 2 aromatic heterocycles. The summed E-state index contributed by atoms with van der Waals surface area (Å²) in [7, 11) is 0. The predicted octanol–water partition coefficient (Wildman–Crippen LogP) is 5.67. The summed E-state index contributed by atoms with van der Waals surface area (Å²) in [5.74, 6) is 0.959. The highest BCUT2D eigenvalue weighted by molar-refractivity contribution is 6.39. The number of hydrogen-bond acceptors (Lipinski definition) is 5. The average Bonchev–Trinajstić information content (AvgIpc) is 3.06. The molecule has 0 radical (unpaired) electrons. The van der Waals surface area contributed by atoms with Gasteiger partial charge in [-0.15, -0.1) is 0 Å². The highest BCUT2D eigenvalue weighted by atomic mass is 35.5. The van der Waals surface area contributed by atoms with Crippen LogP contribution in [-0.2, 0) is 0 Å².